The number of aliphatic hydroxyl groups is 1. The molecule has 1 N–H and O–H groups in total. The molecule has 1 aliphatic heterocycles. The lowest BCUT2D eigenvalue weighted by molar-refractivity contribution is 0.105. The molecule has 1 saturated heterocycles. The molecule has 1 fully saturated rings. The minimum absolute atomic E-state index is 0.124. The molecule has 0 spiro atoms. The van der Waals surface area contributed by atoms with Gasteiger partial charge in [0, 0.05) is 19.7 Å². The van der Waals surface area contributed by atoms with E-state index in [1.54, 1.807) is 11.0 Å². The molecule has 0 radical (unpaired) electrons. The maximum Gasteiger partial charge on any atom is 0.415 e. The molecule has 98 valence electrons. The number of carbonyl (C=O) groups excluding carboxylic acids is 1. The van der Waals surface area contributed by atoms with E-state index >= 15 is 0 Å². The van der Waals surface area contributed by atoms with Gasteiger partial charge in [0.25, 0.3) is 0 Å². The lowest BCUT2D eigenvalue weighted by Gasteiger charge is -2.30. The second-order valence-electron chi connectivity index (χ2n) is 4.44. The molecule has 0 bridgehead atoms. The van der Waals surface area contributed by atoms with Gasteiger partial charge in [0.1, 0.15) is 5.75 Å². The zero-order chi connectivity index (χ0) is 13.0. The molecular formula is C13H16BrNO3. The average molecular weight is 314 g/mol. The number of aliphatic hydroxyl groups excluding tert-OH is 1. The van der Waals surface area contributed by atoms with E-state index < -0.39 is 0 Å². The highest BCUT2D eigenvalue weighted by molar-refractivity contribution is 9.10. The Bertz CT molecular complexity index is 424. The summed E-state index contributed by atoms with van der Waals surface area (Å²) < 4.78 is 6.09. The van der Waals surface area contributed by atoms with Gasteiger partial charge in [-0.1, -0.05) is 12.1 Å². The molecule has 0 aromatic heterocycles. The third-order valence-corrected chi connectivity index (χ3v) is 3.72. The number of para-hydroxylation sites is 1. The molecule has 0 saturated carbocycles. The summed E-state index contributed by atoms with van der Waals surface area (Å²) in [5, 5.41) is 9.14. The fraction of sp³-hybridized carbons (Fsp3) is 0.462. The fourth-order valence-corrected chi connectivity index (χ4v) is 2.43. The standard InChI is InChI=1S/C13H16BrNO3/c14-11-5-1-2-6-12(11)18-13(17)15-7-3-4-10(8-15)9-16/h1-2,5-6,10,16H,3-4,7-9H2. The van der Waals surface area contributed by atoms with Crippen LogP contribution in [0.25, 0.3) is 0 Å². The summed E-state index contributed by atoms with van der Waals surface area (Å²) in [5.41, 5.74) is 0. The van der Waals surface area contributed by atoms with Crippen molar-refractivity contribution in [1.82, 2.24) is 4.90 Å². The van der Waals surface area contributed by atoms with E-state index in [0.29, 0.717) is 18.8 Å². The van der Waals surface area contributed by atoms with Gasteiger partial charge < -0.3 is 14.7 Å². The van der Waals surface area contributed by atoms with Crippen LogP contribution in [0.5, 0.6) is 5.75 Å². The summed E-state index contributed by atoms with van der Waals surface area (Å²) in [6, 6.07) is 7.26. The Hall–Kier alpha value is -1.07. The lowest BCUT2D eigenvalue weighted by atomic mass is 10.00. The second kappa shape index (κ2) is 6.20. The average Bonchev–Trinajstić information content (AvgIpc) is 2.41. The highest BCUT2D eigenvalue weighted by Crippen LogP contribution is 2.25. The Kier molecular flexibility index (Phi) is 4.60. The van der Waals surface area contributed by atoms with E-state index in [1.807, 2.05) is 18.2 Å². The minimum atomic E-state index is -0.347. The van der Waals surface area contributed by atoms with Crippen LogP contribution < -0.4 is 4.74 Å². The van der Waals surface area contributed by atoms with Crippen LogP contribution in [0.3, 0.4) is 0 Å². The van der Waals surface area contributed by atoms with Crippen molar-refractivity contribution in [3.63, 3.8) is 0 Å². The SMILES string of the molecule is O=C(Oc1ccccc1Br)N1CCCC(CO)C1. The van der Waals surface area contributed by atoms with E-state index in [1.165, 1.54) is 0 Å². The van der Waals surface area contributed by atoms with Crippen molar-refractivity contribution in [2.24, 2.45) is 5.92 Å². The maximum atomic E-state index is 12.0. The largest absolute Gasteiger partial charge is 0.415 e. The predicted molar refractivity (Wildman–Crippen MR) is 71.5 cm³/mol. The second-order valence-corrected chi connectivity index (χ2v) is 5.29. The number of hydrogen-bond acceptors (Lipinski definition) is 3. The summed E-state index contributed by atoms with van der Waals surface area (Å²) in [4.78, 5) is 13.6. The van der Waals surface area contributed by atoms with E-state index in [4.69, 9.17) is 9.84 Å². The third kappa shape index (κ3) is 3.23. The van der Waals surface area contributed by atoms with Crippen LogP contribution in [0.4, 0.5) is 4.79 Å². The van der Waals surface area contributed by atoms with Gasteiger partial charge >= 0.3 is 6.09 Å². The quantitative estimate of drug-likeness (QED) is 0.913. The lowest BCUT2D eigenvalue weighted by Crippen LogP contribution is -2.42. The monoisotopic (exact) mass is 313 g/mol. The fourth-order valence-electron chi connectivity index (χ4n) is 2.07. The van der Waals surface area contributed by atoms with Gasteiger partial charge in [-0.2, -0.15) is 0 Å². The van der Waals surface area contributed by atoms with Crippen LogP contribution in [0, 0.1) is 5.92 Å². The number of ether oxygens (including phenoxy) is 1. The molecule has 18 heavy (non-hydrogen) atoms. The highest BCUT2D eigenvalue weighted by Gasteiger charge is 2.24. The first-order chi connectivity index (χ1) is 8.70. The van der Waals surface area contributed by atoms with Crippen molar-refractivity contribution in [2.45, 2.75) is 12.8 Å². The topological polar surface area (TPSA) is 49.8 Å². The molecular weight excluding hydrogens is 298 g/mol. The molecule has 1 aromatic rings. The Labute approximate surface area is 115 Å². The van der Waals surface area contributed by atoms with Crippen molar-refractivity contribution in [2.75, 3.05) is 19.7 Å². The molecule has 1 amide bonds. The van der Waals surface area contributed by atoms with Crippen molar-refractivity contribution >= 4 is 22.0 Å². The number of benzene rings is 1. The Morgan fingerprint density at radius 3 is 3.00 bits per heavy atom. The van der Waals surface area contributed by atoms with Crippen molar-refractivity contribution in [3.05, 3.63) is 28.7 Å². The normalized spacial score (nSPS) is 19.7. The van der Waals surface area contributed by atoms with Gasteiger partial charge in [-0.15, -0.1) is 0 Å². The molecule has 1 unspecified atom stereocenters. The number of likely N-dealkylation sites (tertiary alicyclic amines) is 1. The molecule has 2 rings (SSSR count). The molecule has 0 aliphatic carbocycles. The number of hydrogen-bond donors (Lipinski definition) is 1. The Morgan fingerprint density at radius 2 is 2.28 bits per heavy atom. The molecule has 1 atom stereocenters. The van der Waals surface area contributed by atoms with Crippen molar-refractivity contribution in [1.29, 1.82) is 0 Å². The van der Waals surface area contributed by atoms with Crippen LogP contribution >= 0.6 is 15.9 Å². The maximum absolute atomic E-state index is 12.0. The van der Waals surface area contributed by atoms with Crippen LogP contribution in [-0.2, 0) is 0 Å². The van der Waals surface area contributed by atoms with Crippen molar-refractivity contribution < 1.29 is 14.6 Å². The number of rotatable bonds is 2. The van der Waals surface area contributed by atoms with Gasteiger partial charge in [0.15, 0.2) is 0 Å². The molecule has 1 aliphatic rings. The van der Waals surface area contributed by atoms with E-state index in [2.05, 4.69) is 15.9 Å². The smallest absolute Gasteiger partial charge is 0.409 e. The summed E-state index contributed by atoms with van der Waals surface area (Å²) in [6.45, 7) is 1.39. The molecule has 1 heterocycles. The molecule has 5 heteroatoms. The zero-order valence-corrected chi connectivity index (χ0v) is 11.6. The van der Waals surface area contributed by atoms with Crippen LogP contribution in [0.15, 0.2) is 28.7 Å². The Morgan fingerprint density at radius 1 is 1.50 bits per heavy atom. The van der Waals surface area contributed by atoms with Crippen molar-refractivity contribution in [3.8, 4) is 5.75 Å². The van der Waals surface area contributed by atoms with Gasteiger partial charge in [0.05, 0.1) is 4.47 Å². The number of carbonyl (C=O) groups is 1. The summed E-state index contributed by atoms with van der Waals surface area (Å²) in [6.07, 6.45) is 1.53. The van der Waals surface area contributed by atoms with Crippen LogP contribution in [0.1, 0.15) is 12.8 Å². The van der Waals surface area contributed by atoms with Gasteiger partial charge in [-0.3, -0.25) is 0 Å². The number of piperidine rings is 1. The van der Waals surface area contributed by atoms with Gasteiger partial charge in [-0.05, 0) is 46.8 Å². The van der Waals surface area contributed by atoms with Gasteiger partial charge in [-0.25, -0.2) is 4.79 Å². The molecule has 4 nitrogen and oxygen atoms in total. The predicted octanol–water partition coefficient (Wildman–Crippen LogP) is 2.65. The van der Waals surface area contributed by atoms with Crippen LogP contribution in [0.2, 0.25) is 0 Å². The summed E-state index contributed by atoms with van der Waals surface area (Å²) >= 11 is 3.34. The Balaban J connectivity index is 1.97. The van der Waals surface area contributed by atoms with E-state index in [0.717, 1.165) is 17.3 Å². The van der Waals surface area contributed by atoms with Gasteiger partial charge in [0.2, 0.25) is 0 Å². The number of halogens is 1. The van der Waals surface area contributed by atoms with E-state index in [9.17, 15) is 4.79 Å². The summed E-state index contributed by atoms with van der Waals surface area (Å²) in [7, 11) is 0. The number of nitrogens with zero attached hydrogens (tertiary/aromatic N) is 1. The highest BCUT2D eigenvalue weighted by atomic mass is 79.9. The first-order valence-electron chi connectivity index (χ1n) is 6.03. The zero-order valence-electron chi connectivity index (χ0n) is 10.0. The van der Waals surface area contributed by atoms with Crippen LogP contribution in [-0.4, -0.2) is 35.8 Å². The number of amides is 1. The minimum Gasteiger partial charge on any atom is -0.409 e. The van der Waals surface area contributed by atoms with E-state index in [-0.39, 0.29) is 18.6 Å². The first kappa shape index (κ1) is 13.4. The first-order valence-corrected chi connectivity index (χ1v) is 6.82. The molecule has 1 aromatic carbocycles. The third-order valence-electron chi connectivity index (χ3n) is 3.07. The summed E-state index contributed by atoms with van der Waals surface area (Å²) in [5.74, 6) is 0.694.